The fourth-order valence-corrected chi connectivity index (χ4v) is 25.0. The average molecular weight is 1810 g/mol. The van der Waals surface area contributed by atoms with Crippen molar-refractivity contribution in [3.8, 4) is 44.5 Å². The Labute approximate surface area is 780 Å². The van der Waals surface area contributed by atoms with Crippen LogP contribution in [0.25, 0.3) is 44.5 Å². The normalized spacial score (nSPS) is 23.1. The van der Waals surface area contributed by atoms with Crippen LogP contribution in [0.2, 0.25) is 0 Å². The van der Waals surface area contributed by atoms with Gasteiger partial charge in [-0.25, -0.2) is 22.0 Å². The summed E-state index contributed by atoms with van der Waals surface area (Å²) in [5.74, 6) is -1.83. The van der Waals surface area contributed by atoms with Gasteiger partial charge in [0.1, 0.15) is 29.1 Å². The van der Waals surface area contributed by atoms with Gasteiger partial charge in [0.2, 0.25) is 23.6 Å². The van der Waals surface area contributed by atoms with Crippen molar-refractivity contribution in [2.45, 2.75) is 207 Å². The second-order valence-electron chi connectivity index (χ2n) is 39.9. The van der Waals surface area contributed by atoms with Crippen LogP contribution in [0.15, 0.2) is 207 Å². The molecule has 4 unspecified atom stereocenters. The predicted octanol–water partition coefficient (Wildman–Crippen LogP) is 19.1. The van der Waals surface area contributed by atoms with Gasteiger partial charge in [-0.05, 0) is 209 Å². The first-order valence-corrected chi connectivity index (χ1v) is 48.5. The van der Waals surface area contributed by atoms with Crippen LogP contribution < -0.4 is 19.6 Å². The summed E-state index contributed by atoms with van der Waals surface area (Å²) in [7, 11) is 7.31. The standard InChI is InChI=1S/C28H31FN4O.C27H28F2N4O.2C27H29FN4O/c1-19-23(17-31(2)30-19)20-11-12-21(25(29)15-20)16-33-26-10-6-5-9-24(26)28(27(33)34)13-14-32(18-28)22-7-3-4-8-22;1-31-15-19(14-30-31)18-12-23(28)21(24(29)13-18)16-33-25-9-5-4-8-22(25)27(26(33)34)10-11-32(17-27)20-6-2-3-7-20;2*1-30-16-21(15-29-30)19-10-11-20(24(28)14-19)17-32-25-9-5-4-8-23(25)27(26(32)33)12-13-31(18-27)22-6-2-3-7-22/h5-6,9-12,15,17,22H,3-4,7-8,13-14,16,18H2,1-2H3;4-5,8-9,12-15,20H,2-3,6-7,10-11,16-17H2,1H3;2*4-5,8-11,14-16,22H,2-3,6-7,12-13,17-18H2,1H3. The molecule has 0 N–H and O–H groups in total. The van der Waals surface area contributed by atoms with Crippen LogP contribution in [0.4, 0.5) is 44.7 Å². The number of aromatic nitrogens is 8. The number of amides is 4. The van der Waals surface area contributed by atoms with Crippen molar-refractivity contribution in [3.05, 3.63) is 286 Å². The number of aryl methyl sites for hydroxylation is 5. The van der Waals surface area contributed by atoms with Crippen molar-refractivity contribution in [2.24, 2.45) is 28.2 Å². The van der Waals surface area contributed by atoms with E-state index >= 15 is 22.0 Å². The number of halogens is 5. The Hall–Kier alpha value is -12.0. The lowest BCUT2D eigenvalue weighted by atomic mass is 9.81. The summed E-state index contributed by atoms with van der Waals surface area (Å²) < 4.78 is 82.7. The number of rotatable bonds is 16. The van der Waals surface area contributed by atoms with E-state index in [0.717, 1.165) is 156 Å². The Kier molecular flexibility index (Phi) is 23.8. The van der Waals surface area contributed by atoms with Crippen LogP contribution in [-0.2, 0) is 95.2 Å². The highest BCUT2D eigenvalue weighted by molar-refractivity contribution is 6.11. The van der Waals surface area contributed by atoms with Crippen molar-refractivity contribution in [1.82, 2.24) is 58.7 Å². The fraction of sp³-hybridized carbons (Fsp3) is 0.413. The SMILES string of the molecule is Cc1nn(C)cc1-c1ccc(CN2C(=O)C3(CCN(C4CCCC4)C3)c3ccccc32)c(F)c1.Cn1cc(-c2cc(F)c(CN3C(=O)C4(CCN(C5CCCC5)C4)c4ccccc43)c(F)c2)cn1.Cn1cc(-c2ccc(CN3C(=O)C4(CCN(C5CCCC5)C4)c4ccccc43)c(F)c2)cn1.Cn1cc(-c2ccc(CN3C(=O)C4(CCN(C5CCCC5)C4)c4ccccc43)c(F)c2)cn1. The third-order valence-corrected chi connectivity index (χ3v) is 32.1. The summed E-state index contributed by atoms with van der Waals surface area (Å²) in [5, 5.41) is 16.8. The van der Waals surface area contributed by atoms with E-state index in [1.807, 2.05) is 164 Å². The number of para-hydroxylation sites is 4. The minimum Gasteiger partial charge on any atom is -0.307 e. The number of nitrogens with zero attached hydrogens (tertiary/aromatic N) is 16. The number of benzene rings is 8. The molecule has 8 aromatic carbocycles. The van der Waals surface area contributed by atoms with Gasteiger partial charge in [-0.3, -0.25) is 57.5 Å². The molecule has 4 amide bonds. The number of carbonyl (C=O) groups excluding carboxylic acids is 4. The molecule has 4 atom stereocenters. The summed E-state index contributed by atoms with van der Waals surface area (Å²) >= 11 is 0. The number of hydrogen-bond acceptors (Lipinski definition) is 12. The van der Waals surface area contributed by atoms with E-state index in [1.165, 1.54) is 115 Å². The van der Waals surface area contributed by atoms with E-state index in [1.54, 1.807) is 85.8 Å². The van der Waals surface area contributed by atoms with Crippen LogP contribution in [0.3, 0.4) is 0 Å². The van der Waals surface area contributed by atoms with Gasteiger partial charge in [-0.15, -0.1) is 0 Å². The zero-order valence-electron chi connectivity index (χ0n) is 77.2. The van der Waals surface area contributed by atoms with Crippen molar-refractivity contribution < 1.29 is 41.1 Å². The maximum Gasteiger partial charge on any atom is 0.239 e. The molecule has 4 saturated carbocycles. The Morgan fingerprint density at radius 2 is 0.590 bits per heavy atom. The monoisotopic (exact) mass is 1810 g/mol. The Morgan fingerprint density at radius 1 is 0.313 bits per heavy atom. The molecule has 25 heteroatoms. The Bertz CT molecular complexity index is 6280. The number of carbonyl (C=O) groups is 4. The van der Waals surface area contributed by atoms with Crippen molar-refractivity contribution in [1.29, 1.82) is 0 Å². The summed E-state index contributed by atoms with van der Waals surface area (Å²) in [5.41, 5.74) is 14.3. The lowest BCUT2D eigenvalue weighted by molar-refractivity contribution is -0.123. The van der Waals surface area contributed by atoms with Gasteiger partial charge in [0.15, 0.2) is 0 Å². The highest BCUT2D eigenvalue weighted by Gasteiger charge is 2.60. The fourth-order valence-electron chi connectivity index (χ4n) is 25.0. The number of anilines is 4. The topological polar surface area (TPSA) is 165 Å². The van der Waals surface area contributed by atoms with Crippen LogP contribution in [0.1, 0.15) is 179 Å². The van der Waals surface area contributed by atoms with Crippen LogP contribution in [0, 0.1) is 36.0 Å². The van der Waals surface area contributed by atoms with E-state index in [-0.39, 0.29) is 72.8 Å². The minimum absolute atomic E-state index is 0.0377. The molecule has 0 radical (unpaired) electrons. The smallest absolute Gasteiger partial charge is 0.239 e. The largest absolute Gasteiger partial charge is 0.307 e. The predicted molar refractivity (Wildman–Crippen MR) is 510 cm³/mol. The molecule has 4 aromatic heterocycles. The molecule has 12 aliphatic rings. The molecule has 4 saturated heterocycles. The lowest BCUT2D eigenvalue weighted by Crippen LogP contribution is -2.43. The van der Waals surface area contributed by atoms with Gasteiger partial charge in [0.05, 0.1) is 72.1 Å². The highest BCUT2D eigenvalue weighted by atomic mass is 19.1. The maximum atomic E-state index is 15.3. The van der Waals surface area contributed by atoms with E-state index in [2.05, 4.69) is 58.2 Å². The summed E-state index contributed by atoms with van der Waals surface area (Å²) in [6, 6.07) is 53.0. The van der Waals surface area contributed by atoms with Crippen molar-refractivity contribution in [2.75, 3.05) is 72.0 Å². The number of fused-ring (bicyclic) bond motifs is 8. The van der Waals surface area contributed by atoms with E-state index in [0.29, 0.717) is 58.5 Å². The van der Waals surface area contributed by atoms with Crippen molar-refractivity contribution >= 4 is 46.4 Å². The van der Waals surface area contributed by atoms with Crippen molar-refractivity contribution in [3.63, 3.8) is 0 Å². The molecule has 0 bridgehead atoms. The average Bonchev–Trinajstić information content (AvgIpc) is 1.58. The third kappa shape index (κ3) is 16.0. The van der Waals surface area contributed by atoms with E-state index in [9.17, 15) is 19.2 Å². The van der Waals surface area contributed by atoms with Gasteiger partial charge in [-0.1, -0.05) is 161 Å². The molecule has 4 spiro atoms. The van der Waals surface area contributed by atoms with E-state index in [4.69, 9.17) is 0 Å². The summed E-state index contributed by atoms with van der Waals surface area (Å²) in [4.78, 5) is 72.8. The molecule has 12 aromatic rings. The minimum atomic E-state index is -0.649. The molecule has 24 rings (SSSR count). The first kappa shape index (κ1) is 88.6. The summed E-state index contributed by atoms with van der Waals surface area (Å²) in [6.45, 7) is 9.38. The summed E-state index contributed by atoms with van der Waals surface area (Å²) in [6.07, 6.45) is 35.7. The van der Waals surface area contributed by atoms with Gasteiger partial charge in [0, 0.05) is 171 Å². The molecule has 8 aliphatic heterocycles. The third-order valence-electron chi connectivity index (χ3n) is 32.1. The van der Waals surface area contributed by atoms with Crippen LogP contribution >= 0.6 is 0 Å². The highest BCUT2D eigenvalue weighted by Crippen LogP contribution is 2.55. The zero-order valence-corrected chi connectivity index (χ0v) is 77.2. The second-order valence-corrected chi connectivity index (χ2v) is 39.9. The molecule has 12 heterocycles. The molecular weight excluding hydrogens is 1690 g/mol. The second kappa shape index (κ2) is 36.0. The maximum absolute atomic E-state index is 15.3. The molecule has 134 heavy (non-hydrogen) atoms. The molecular formula is C109H117F5N16O4. The quantitative estimate of drug-likeness (QED) is 0.0842. The van der Waals surface area contributed by atoms with Gasteiger partial charge >= 0.3 is 0 Å². The van der Waals surface area contributed by atoms with Gasteiger partial charge in [-0.2, -0.15) is 20.4 Å². The van der Waals surface area contributed by atoms with Crippen LogP contribution in [-0.4, -0.2) is 159 Å². The first-order valence-electron chi connectivity index (χ1n) is 48.5. The zero-order chi connectivity index (χ0) is 92.1. The van der Waals surface area contributed by atoms with Gasteiger partial charge < -0.3 is 19.6 Å². The molecule has 20 nitrogen and oxygen atoms in total. The van der Waals surface area contributed by atoms with Gasteiger partial charge in [0.25, 0.3) is 0 Å². The molecule has 8 fully saturated rings. The van der Waals surface area contributed by atoms with Crippen LogP contribution in [0.5, 0.6) is 0 Å². The molecule has 4 aliphatic carbocycles. The Morgan fingerprint density at radius 3 is 0.873 bits per heavy atom. The van der Waals surface area contributed by atoms with E-state index < -0.39 is 33.3 Å². The molecule has 692 valence electrons. The first-order chi connectivity index (χ1) is 65.0. The number of likely N-dealkylation sites (tertiary alicyclic amines) is 4. The number of hydrogen-bond donors (Lipinski definition) is 0. The lowest BCUT2D eigenvalue weighted by Gasteiger charge is -2.27. The Balaban J connectivity index is 0.000000107.